The van der Waals surface area contributed by atoms with Crippen LogP contribution in [-0.2, 0) is 0 Å². The molecular weight excluding hydrogens is 258 g/mol. The van der Waals surface area contributed by atoms with E-state index in [1.165, 1.54) is 0 Å². The van der Waals surface area contributed by atoms with Crippen LogP contribution in [0.4, 0.5) is 5.69 Å². The van der Waals surface area contributed by atoms with Gasteiger partial charge in [-0.15, -0.1) is 0 Å². The summed E-state index contributed by atoms with van der Waals surface area (Å²) >= 11 is 6.03. The molecule has 0 saturated carbocycles. The van der Waals surface area contributed by atoms with Crippen LogP contribution in [0.3, 0.4) is 0 Å². The van der Waals surface area contributed by atoms with Gasteiger partial charge in [-0.25, -0.2) is 0 Å². The molecule has 0 heterocycles. The Morgan fingerprint density at radius 3 is 2.53 bits per heavy atom. The van der Waals surface area contributed by atoms with E-state index in [-0.39, 0.29) is 0 Å². The summed E-state index contributed by atoms with van der Waals surface area (Å²) in [7, 11) is 1.96. The number of rotatable bonds is 4. The first kappa shape index (κ1) is 13.9. The van der Waals surface area contributed by atoms with Crippen molar-refractivity contribution in [2.45, 2.75) is 13.0 Å². The first-order valence-corrected chi connectivity index (χ1v) is 6.66. The fourth-order valence-corrected chi connectivity index (χ4v) is 2.30. The van der Waals surface area contributed by atoms with E-state index in [4.69, 9.17) is 11.6 Å². The quantitative estimate of drug-likeness (QED) is 0.917. The van der Waals surface area contributed by atoms with Gasteiger partial charge in [0.05, 0.1) is 6.10 Å². The summed E-state index contributed by atoms with van der Waals surface area (Å²) in [6.45, 7) is 2.57. The number of hydrogen-bond donors (Lipinski definition) is 1. The second-order valence-electron chi connectivity index (χ2n) is 4.74. The highest BCUT2D eigenvalue weighted by Crippen LogP contribution is 2.25. The Hall–Kier alpha value is -1.51. The van der Waals surface area contributed by atoms with E-state index in [2.05, 4.69) is 0 Å². The highest BCUT2D eigenvalue weighted by Gasteiger charge is 2.12. The Bertz CT molecular complexity index is 542. The number of anilines is 1. The number of hydrogen-bond acceptors (Lipinski definition) is 2. The van der Waals surface area contributed by atoms with Gasteiger partial charge in [-0.3, -0.25) is 0 Å². The summed E-state index contributed by atoms with van der Waals surface area (Å²) in [5.41, 5.74) is 3.11. The maximum absolute atomic E-state index is 10.2. The number of likely N-dealkylation sites (N-methyl/N-ethyl adjacent to an activating group) is 1. The second kappa shape index (κ2) is 6.09. The number of benzene rings is 2. The molecule has 2 aromatic rings. The van der Waals surface area contributed by atoms with Crippen LogP contribution < -0.4 is 4.90 Å². The van der Waals surface area contributed by atoms with Crippen LogP contribution >= 0.6 is 11.6 Å². The molecule has 0 aliphatic carbocycles. The Morgan fingerprint density at radius 2 is 1.84 bits per heavy atom. The van der Waals surface area contributed by atoms with Gasteiger partial charge in [0.15, 0.2) is 0 Å². The topological polar surface area (TPSA) is 23.5 Å². The van der Waals surface area contributed by atoms with Crippen LogP contribution in [0.15, 0.2) is 48.5 Å². The predicted octanol–water partition coefficient (Wildman–Crippen LogP) is 3.82. The average molecular weight is 276 g/mol. The average Bonchev–Trinajstić information content (AvgIpc) is 2.42. The van der Waals surface area contributed by atoms with Gasteiger partial charge in [-0.2, -0.15) is 0 Å². The second-order valence-corrected chi connectivity index (χ2v) is 5.17. The third-order valence-corrected chi connectivity index (χ3v) is 3.45. The van der Waals surface area contributed by atoms with E-state index in [9.17, 15) is 5.11 Å². The van der Waals surface area contributed by atoms with Crippen LogP contribution in [0.25, 0.3) is 0 Å². The minimum Gasteiger partial charge on any atom is -0.387 e. The lowest BCUT2D eigenvalue weighted by Gasteiger charge is -2.24. The molecule has 0 bridgehead atoms. The van der Waals surface area contributed by atoms with Crippen molar-refractivity contribution in [3.05, 3.63) is 64.7 Å². The van der Waals surface area contributed by atoms with Gasteiger partial charge in [0, 0.05) is 24.3 Å². The molecular formula is C16H18ClNO. The zero-order chi connectivity index (χ0) is 13.8. The number of aryl methyl sites for hydroxylation is 1. The fraction of sp³-hybridized carbons (Fsp3) is 0.250. The lowest BCUT2D eigenvalue weighted by Crippen LogP contribution is -2.24. The van der Waals surface area contributed by atoms with Gasteiger partial charge in [0.1, 0.15) is 0 Å². The van der Waals surface area contributed by atoms with Gasteiger partial charge in [0.25, 0.3) is 0 Å². The first-order chi connectivity index (χ1) is 9.08. The predicted molar refractivity (Wildman–Crippen MR) is 80.9 cm³/mol. The Labute approximate surface area is 119 Å². The zero-order valence-corrected chi connectivity index (χ0v) is 11.9. The van der Waals surface area contributed by atoms with Crippen LogP contribution in [0.1, 0.15) is 17.2 Å². The molecule has 2 nitrogen and oxygen atoms in total. The molecule has 0 aliphatic rings. The monoisotopic (exact) mass is 275 g/mol. The van der Waals surface area contributed by atoms with Crippen molar-refractivity contribution in [1.82, 2.24) is 0 Å². The maximum atomic E-state index is 10.2. The molecule has 0 spiro atoms. The molecule has 19 heavy (non-hydrogen) atoms. The van der Waals surface area contributed by atoms with Crippen LogP contribution in [0.2, 0.25) is 5.02 Å². The molecule has 0 aliphatic heterocycles. The zero-order valence-electron chi connectivity index (χ0n) is 11.2. The summed E-state index contributed by atoms with van der Waals surface area (Å²) in [5, 5.41) is 10.9. The largest absolute Gasteiger partial charge is 0.387 e. The lowest BCUT2D eigenvalue weighted by atomic mass is 10.1. The number of aliphatic hydroxyl groups is 1. The first-order valence-electron chi connectivity index (χ1n) is 6.28. The smallest absolute Gasteiger partial charge is 0.0964 e. The number of halogens is 1. The third-order valence-electron chi connectivity index (χ3n) is 3.21. The highest BCUT2D eigenvalue weighted by atomic mass is 35.5. The Kier molecular flexibility index (Phi) is 4.46. The number of aliphatic hydroxyl groups excluding tert-OH is 1. The van der Waals surface area contributed by atoms with Crippen molar-refractivity contribution in [3.63, 3.8) is 0 Å². The van der Waals surface area contributed by atoms with Gasteiger partial charge < -0.3 is 10.0 Å². The normalized spacial score (nSPS) is 12.2. The van der Waals surface area contributed by atoms with E-state index >= 15 is 0 Å². The number of nitrogens with zero attached hydrogens (tertiary/aromatic N) is 1. The van der Waals surface area contributed by atoms with Gasteiger partial charge in [-0.05, 0) is 30.2 Å². The minimum absolute atomic E-state index is 0.510. The summed E-state index contributed by atoms with van der Waals surface area (Å²) < 4.78 is 0. The molecule has 1 atom stereocenters. The van der Waals surface area contributed by atoms with E-state index in [0.29, 0.717) is 11.6 Å². The summed E-state index contributed by atoms with van der Waals surface area (Å²) in [6, 6.07) is 15.5. The molecule has 0 saturated heterocycles. The van der Waals surface area contributed by atoms with E-state index in [1.54, 1.807) is 0 Å². The highest BCUT2D eigenvalue weighted by molar-refractivity contribution is 6.30. The lowest BCUT2D eigenvalue weighted by molar-refractivity contribution is 0.185. The maximum Gasteiger partial charge on any atom is 0.0964 e. The fourth-order valence-electron chi connectivity index (χ4n) is 2.13. The van der Waals surface area contributed by atoms with Gasteiger partial charge in [-0.1, -0.05) is 48.0 Å². The molecule has 2 rings (SSSR count). The Balaban J connectivity index is 2.13. The third kappa shape index (κ3) is 3.49. The molecule has 0 amide bonds. The van der Waals surface area contributed by atoms with E-state index in [0.717, 1.165) is 16.8 Å². The van der Waals surface area contributed by atoms with Crippen molar-refractivity contribution < 1.29 is 5.11 Å². The molecule has 0 fully saturated rings. The van der Waals surface area contributed by atoms with Crippen molar-refractivity contribution in [2.75, 3.05) is 18.5 Å². The van der Waals surface area contributed by atoms with Gasteiger partial charge in [0.2, 0.25) is 0 Å². The van der Waals surface area contributed by atoms with E-state index < -0.39 is 6.10 Å². The summed E-state index contributed by atoms with van der Waals surface area (Å²) in [5.74, 6) is 0. The van der Waals surface area contributed by atoms with Crippen LogP contribution in [-0.4, -0.2) is 18.7 Å². The molecule has 1 N–H and O–H groups in total. The van der Waals surface area contributed by atoms with Crippen molar-refractivity contribution in [1.29, 1.82) is 0 Å². The molecule has 100 valence electrons. The summed E-state index contributed by atoms with van der Waals surface area (Å²) in [6.07, 6.45) is -0.510. The molecule has 3 heteroatoms. The molecule has 0 radical (unpaired) electrons. The van der Waals surface area contributed by atoms with Crippen molar-refractivity contribution in [3.8, 4) is 0 Å². The van der Waals surface area contributed by atoms with Crippen molar-refractivity contribution >= 4 is 17.3 Å². The standard InChI is InChI=1S/C16H18ClNO/c1-12-8-9-14(17)10-15(12)18(2)11-16(19)13-6-4-3-5-7-13/h3-10,16,19H,11H2,1-2H3. The van der Waals surface area contributed by atoms with E-state index in [1.807, 2.05) is 67.4 Å². The SMILES string of the molecule is Cc1ccc(Cl)cc1N(C)CC(O)c1ccccc1. The van der Waals surface area contributed by atoms with Crippen LogP contribution in [0, 0.1) is 6.92 Å². The van der Waals surface area contributed by atoms with Gasteiger partial charge >= 0.3 is 0 Å². The molecule has 2 aromatic carbocycles. The molecule has 1 unspecified atom stereocenters. The van der Waals surface area contributed by atoms with Crippen molar-refractivity contribution in [2.24, 2.45) is 0 Å². The molecule has 0 aromatic heterocycles. The summed E-state index contributed by atoms with van der Waals surface area (Å²) in [4.78, 5) is 2.03. The minimum atomic E-state index is -0.510. The van der Waals surface area contributed by atoms with Crippen LogP contribution in [0.5, 0.6) is 0 Å². The Morgan fingerprint density at radius 1 is 1.16 bits per heavy atom.